The molecule has 2 fully saturated rings. The van der Waals surface area contributed by atoms with Gasteiger partial charge in [-0.1, -0.05) is 13.8 Å². The van der Waals surface area contributed by atoms with E-state index in [1.54, 1.807) is 4.88 Å². The summed E-state index contributed by atoms with van der Waals surface area (Å²) in [4.78, 5) is 5.85. The van der Waals surface area contributed by atoms with Crippen LogP contribution in [0.25, 0.3) is 0 Å². The summed E-state index contributed by atoms with van der Waals surface area (Å²) in [6, 6.07) is 4.66. The van der Waals surface area contributed by atoms with E-state index >= 15 is 0 Å². The van der Waals surface area contributed by atoms with Crippen LogP contribution < -0.4 is 5.32 Å². The minimum atomic E-state index is 0.277. The Kier molecular flexibility index (Phi) is 4.19. The normalized spacial score (nSPS) is 34.3. The van der Waals surface area contributed by atoms with Gasteiger partial charge in [-0.15, -0.1) is 11.3 Å². The molecule has 0 spiro atoms. The van der Waals surface area contributed by atoms with Crippen molar-refractivity contribution in [3.63, 3.8) is 0 Å². The fourth-order valence-electron chi connectivity index (χ4n) is 3.63. The largest absolute Gasteiger partial charge is 0.308 e. The number of hydrogen-bond donors (Lipinski definition) is 1. The SMILES string of the molecule is CCc1ccc(CN2CC(C)(CC)NCC2(C)C2CC2)s1. The molecule has 2 unspecified atom stereocenters. The summed E-state index contributed by atoms with van der Waals surface area (Å²) < 4.78 is 0. The molecule has 1 saturated carbocycles. The number of rotatable bonds is 5. The maximum Gasteiger partial charge on any atom is 0.0338 e. The fourth-order valence-corrected chi connectivity index (χ4v) is 4.60. The molecule has 1 aromatic rings. The monoisotopic (exact) mass is 306 g/mol. The van der Waals surface area contributed by atoms with E-state index in [1.807, 2.05) is 11.3 Å². The van der Waals surface area contributed by atoms with Crippen molar-refractivity contribution in [2.45, 2.75) is 71.0 Å². The summed E-state index contributed by atoms with van der Waals surface area (Å²) in [5, 5.41) is 3.85. The topological polar surface area (TPSA) is 15.3 Å². The van der Waals surface area contributed by atoms with E-state index in [9.17, 15) is 0 Å². The summed E-state index contributed by atoms with van der Waals surface area (Å²) >= 11 is 2.01. The first-order chi connectivity index (χ1) is 9.99. The molecule has 1 aliphatic carbocycles. The highest BCUT2D eigenvalue weighted by Crippen LogP contribution is 2.45. The Hall–Kier alpha value is -0.380. The molecule has 2 aliphatic rings. The smallest absolute Gasteiger partial charge is 0.0338 e. The minimum absolute atomic E-state index is 0.277. The van der Waals surface area contributed by atoms with Crippen molar-refractivity contribution in [2.75, 3.05) is 13.1 Å². The van der Waals surface area contributed by atoms with Gasteiger partial charge in [-0.2, -0.15) is 0 Å². The van der Waals surface area contributed by atoms with Gasteiger partial charge in [0.15, 0.2) is 0 Å². The number of nitrogens with one attached hydrogen (secondary N) is 1. The van der Waals surface area contributed by atoms with Crippen LogP contribution in [0.1, 0.15) is 56.7 Å². The van der Waals surface area contributed by atoms with E-state index in [0.717, 1.165) is 19.0 Å². The maximum absolute atomic E-state index is 3.85. The van der Waals surface area contributed by atoms with Gasteiger partial charge >= 0.3 is 0 Å². The van der Waals surface area contributed by atoms with Gasteiger partial charge in [-0.25, -0.2) is 0 Å². The van der Waals surface area contributed by atoms with Crippen molar-refractivity contribution in [2.24, 2.45) is 5.92 Å². The Morgan fingerprint density at radius 1 is 1.24 bits per heavy atom. The molecule has 1 aromatic heterocycles. The van der Waals surface area contributed by atoms with Crippen molar-refractivity contribution >= 4 is 11.3 Å². The second kappa shape index (κ2) is 5.68. The second-order valence-electron chi connectivity index (χ2n) is 7.48. The first kappa shape index (κ1) is 15.5. The Morgan fingerprint density at radius 2 is 1.95 bits per heavy atom. The van der Waals surface area contributed by atoms with E-state index in [2.05, 4.69) is 50.0 Å². The van der Waals surface area contributed by atoms with E-state index in [4.69, 9.17) is 0 Å². The third-order valence-corrected chi connectivity index (χ3v) is 7.00. The fraction of sp³-hybridized carbons (Fsp3) is 0.778. The maximum atomic E-state index is 3.85. The molecular formula is C18H30N2S. The summed E-state index contributed by atoms with van der Waals surface area (Å²) in [5.74, 6) is 0.900. The highest BCUT2D eigenvalue weighted by molar-refractivity contribution is 7.11. The third-order valence-electron chi connectivity index (χ3n) is 5.78. The lowest BCUT2D eigenvalue weighted by molar-refractivity contribution is -0.000620. The summed E-state index contributed by atoms with van der Waals surface area (Å²) in [7, 11) is 0. The zero-order chi connectivity index (χ0) is 15.1. The molecule has 3 rings (SSSR count). The van der Waals surface area contributed by atoms with E-state index < -0.39 is 0 Å². The van der Waals surface area contributed by atoms with Crippen LogP contribution in [0.4, 0.5) is 0 Å². The first-order valence-electron chi connectivity index (χ1n) is 8.57. The van der Waals surface area contributed by atoms with Gasteiger partial charge in [0.1, 0.15) is 0 Å². The molecule has 2 atom stereocenters. The van der Waals surface area contributed by atoms with E-state index in [0.29, 0.717) is 5.54 Å². The molecular weight excluding hydrogens is 276 g/mol. The Bertz CT molecular complexity index is 493. The van der Waals surface area contributed by atoms with Gasteiger partial charge in [-0.05, 0) is 57.6 Å². The van der Waals surface area contributed by atoms with Crippen LogP contribution in [-0.2, 0) is 13.0 Å². The van der Waals surface area contributed by atoms with Gasteiger partial charge in [0.25, 0.3) is 0 Å². The molecule has 0 aromatic carbocycles. The zero-order valence-corrected chi connectivity index (χ0v) is 14.9. The first-order valence-corrected chi connectivity index (χ1v) is 9.38. The number of aryl methyl sites for hydroxylation is 1. The Balaban J connectivity index is 1.79. The molecule has 2 nitrogen and oxygen atoms in total. The van der Waals surface area contributed by atoms with Crippen molar-refractivity contribution in [1.29, 1.82) is 0 Å². The lowest BCUT2D eigenvalue weighted by Gasteiger charge is -2.52. The Morgan fingerprint density at radius 3 is 2.52 bits per heavy atom. The van der Waals surface area contributed by atoms with E-state index in [1.165, 1.54) is 37.1 Å². The molecule has 1 saturated heterocycles. The standard InChI is InChI=1S/C18H30N2S/c1-5-15-9-10-16(21-15)11-20-13-17(3,6-2)19-12-18(20,4)14-7-8-14/h9-10,14,19H,5-8,11-13H2,1-4H3. The number of piperazine rings is 1. The number of thiophene rings is 1. The van der Waals surface area contributed by atoms with Crippen molar-refractivity contribution in [3.8, 4) is 0 Å². The van der Waals surface area contributed by atoms with Crippen LogP contribution in [-0.4, -0.2) is 29.1 Å². The van der Waals surface area contributed by atoms with Gasteiger partial charge in [0.2, 0.25) is 0 Å². The van der Waals surface area contributed by atoms with Gasteiger partial charge < -0.3 is 5.32 Å². The van der Waals surface area contributed by atoms with Crippen LogP contribution in [0.2, 0.25) is 0 Å². The van der Waals surface area contributed by atoms with Gasteiger partial charge in [0, 0.05) is 40.5 Å². The average Bonchev–Trinajstić information content (AvgIpc) is 3.24. The van der Waals surface area contributed by atoms with Gasteiger partial charge in [0.05, 0.1) is 0 Å². The lowest BCUT2D eigenvalue weighted by Crippen LogP contribution is -2.68. The molecule has 1 aliphatic heterocycles. The molecule has 2 heterocycles. The number of nitrogens with zero attached hydrogens (tertiary/aromatic N) is 1. The molecule has 0 bridgehead atoms. The highest BCUT2D eigenvalue weighted by atomic mass is 32.1. The average molecular weight is 307 g/mol. The van der Waals surface area contributed by atoms with Crippen LogP contribution in [0.5, 0.6) is 0 Å². The van der Waals surface area contributed by atoms with E-state index in [-0.39, 0.29) is 5.54 Å². The quantitative estimate of drug-likeness (QED) is 0.883. The van der Waals surface area contributed by atoms with Crippen LogP contribution in [0.3, 0.4) is 0 Å². The predicted molar refractivity (Wildman–Crippen MR) is 91.9 cm³/mol. The molecule has 1 N–H and O–H groups in total. The third kappa shape index (κ3) is 3.06. The van der Waals surface area contributed by atoms with Gasteiger partial charge in [-0.3, -0.25) is 4.90 Å². The Labute approximate surface area is 133 Å². The molecule has 118 valence electrons. The summed E-state index contributed by atoms with van der Waals surface area (Å²) in [6.07, 6.45) is 5.21. The summed E-state index contributed by atoms with van der Waals surface area (Å²) in [6.45, 7) is 12.9. The number of hydrogen-bond acceptors (Lipinski definition) is 3. The highest BCUT2D eigenvalue weighted by Gasteiger charge is 2.50. The molecule has 0 amide bonds. The van der Waals surface area contributed by atoms with Crippen molar-refractivity contribution in [3.05, 3.63) is 21.9 Å². The summed E-state index contributed by atoms with van der Waals surface area (Å²) in [5.41, 5.74) is 0.629. The second-order valence-corrected chi connectivity index (χ2v) is 8.73. The molecule has 21 heavy (non-hydrogen) atoms. The van der Waals surface area contributed by atoms with Crippen LogP contribution in [0.15, 0.2) is 12.1 Å². The predicted octanol–water partition coefficient (Wildman–Crippen LogP) is 4.05. The van der Waals surface area contributed by atoms with Crippen LogP contribution >= 0.6 is 11.3 Å². The lowest BCUT2D eigenvalue weighted by atomic mass is 9.84. The molecule has 3 heteroatoms. The molecule has 0 radical (unpaired) electrons. The zero-order valence-electron chi connectivity index (χ0n) is 14.0. The van der Waals surface area contributed by atoms with Crippen molar-refractivity contribution in [1.82, 2.24) is 10.2 Å². The van der Waals surface area contributed by atoms with Crippen LogP contribution in [0, 0.1) is 5.92 Å². The minimum Gasteiger partial charge on any atom is -0.308 e. The van der Waals surface area contributed by atoms with Crippen molar-refractivity contribution < 1.29 is 0 Å².